The van der Waals surface area contributed by atoms with Gasteiger partial charge in [-0.2, -0.15) is 0 Å². The smallest absolute Gasteiger partial charge is 0.227 e. The number of piperidine rings is 2. The second-order valence-corrected chi connectivity index (χ2v) is 9.16. The second-order valence-electron chi connectivity index (χ2n) is 9.16. The lowest BCUT2D eigenvalue weighted by molar-refractivity contribution is -0.137. The van der Waals surface area contributed by atoms with Gasteiger partial charge in [0.25, 0.3) is 0 Å². The fourth-order valence-corrected chi connectivity index (χ4v) is 4.90. The Morgan fingerprint density at radius 3 is 2.55 bits per heavy atom. The quantitative estimate of drug-likeness (QED) is 0.765. The first-order valence-corrected chi connectivity index (χ1v) is 11.2. The van der Waals surface area contributed by atoms with Crippen LogP contribution < -0.4 is 0 Å². The van der Waals surface area contributed by atoms with Crippen LogP contribution in [0.4, 0.5) is 0 Å². The number of carbonyl (C=O) groups is 2. The molecule has 0 bridgehead atoms. The average Bonchev–Trinajstić information content (AvgIpc) is 3.60. The number of amides is 2. The molecule has 4 rings (SSSR count). The van der Waals surface area contributed by atoms with Gasteiger partial charge in [0.05, 0.1) is 5.92 Å². The first kappa shape index (κ1) is 20.3. The summed E-state index contributed by atoms with van der Waals surface area (Å²) in [7, 11) is 1.92. The van der Waals surface area contributed by atoms with E-state index in [1.165, 1.54) is 0 Å². The molecule has 0 spiro atoms. The molecule has 29 heavy (non-hydrogen) atoms. The maximum Gasteiger partial charge on any atom is 0.227 e. The van der Waals surface area contributed by atoms with Gasteiger partial charge < -0.3 is 9.80 Å². The molecule has 0 unspecified atom stereocenters. The zero-order valence-corrected chi connectivity index (χ0v) is 17.8. The van der Waals surface area contributed by atoms with Gasteiger partial charge in [0, 0.05) is 57.6 Å². The maximum atomic E-state index is 13.1. The van der Waals surface area contributed by atoms with Gasteiger partial charge >= 0.3 is 0 Å². The fourth-order valence-electron chi connectivity index (χ4n) is 4.90. The fraction of sp³-hybridized carbons (Fsp3) is 0.696. The first-order valence-electron chi connectivity index (χ1n) is 11.2. The molecular formula is C23H34N4O2. The molecule has 2 saturated heterocycles. The normalized spacial score (nSPS) is 23.8. The average molecular weight is 399 g/mol. The van der Waals surface area contributed by atoms with Crippen molar-refractivity contribution in [2.45, 2.75) is 58.0 Å². The minimum Gasteiger partial charge on any atom is -0.342 e. The monoisotopic (exact) mass is 398 g/mol. The van der Waals surface area contributed by atoms with Gasteiger partial charge in [0.1, 0.15) is 0 Å². The van der Waals surface area contributed by atoms with Crippen LogP contribution in [0.15, 0.2) is 18.5 Å². The minimum atomic E-state index is 0.0852. The Balaban J connectivity index is 1.29. The molecule has 1 aromatic rings. The van der Waals surface area contributed by atoms with Crippen LogP contribution in [-0.2, 0) is 16.1 Å². The number of nitrogens with zero attached hydrogens (tertiary/aromatic N) is 4. The second kappa shape index (κ2) is 8.82. The number of hydrogen-bond donors (Lipinski definition) is 0. The summed E-state index contributed by atoms with van der Waals surface area (Å²) >= 11 is 0. The molecule has 2 amide bonds. The third kappa shape index (κ3) is 4.80. The highest BCUT2D eigenvalue weighted by molar-refractivity contribution is 5.81. The van der Waals surface area contributed by atoms with Crippen molar-refractivity contribution < 1.29 is 9.59 Å². The number of likely N-dealkylation sites (tertiary alicyclic amines) is 2. The molecule has 6 nitrogen and oxygen atoms in total. The van der Waals surface area contributed by atoms with Crippen LogP contribution in [0.25, 0.3) is 0 Å². The third-order valence-electron chi connectivity index (χ3n) is 6.94. The van der Waals surface area contributed by atoms with Gasteiger partial charge in [-0.15, -0.1) is 0 Å². The van der Waals surface area contributed by atoms with E-state index in [0.717, 1.165) is 75.8 Å². The number of pyridine rings is 1. The lowest BCUT2D eigenvalue weighted by atomic mass is 9.92. The van der Waals surface area contributed by atoms with E-state index < -0.39 is 0 Å². The standard InChI is InChI=1S/C23H34N4O2/c1-17-14-24-10-7-19(17)15-25(2)22(28)20-4-3-11-27(16-20)21-8-12-26(13-9-21)23(29)18-5-6-18/h7,10,14,18,20-21H,3-6,8-9,11-13,15-16H2,1-2H3/t20-/m0/s1. The van der Waals surface area contributed by atoms with Crippen molar-refractivity contribution in [1.82, 2.24) is 19.7 Å². The highest BCUT2D eigenvalue weighted by Crippen LogP contribution is 2.33. The van der Waals surface area contributed by atoms with Crippen molar-refractivity contribution in [3.8, 4) is 0 Å². The Kier molecular flexibility index (Phi) is 6.18. The van der Waals surface area contributed by atoms with E-state index in [1.54, 1.807) is 6.20 Å². The highest BCUT2D eigenvalue weighted by atomic mass is 16.2. The molecule has 158 valence electrons. The molecule has 1 aromatic heterocycles. The summed E-state index contributed by atoms with van der Waals surface area (Å²) < 4.78 is 0. The van der Waals surface area contributed by atoms with Crippen LogP contribution in [-0.4, -0.2) is 70.8 Å². The van der Waals surface area contributed by atoms with E-state index in [1.807, 2.05) is 31.1 Å². The van der Waals surface area contributed by atoms with E-state index >= 15 is 0 Å². The Morgan fingerprint density at radius 1 is 1.10 bits per heavy atom. The summed E-state index contributed by atoms with van der Waals surface area (Å²) in [5.41, 5.74) is 2.29. The lowest BCUT2D eigenvalue weighted by Crippen LogP contribution is -2.51. The summed E-state index contributed by atoms with van der Waals surface area (Å²) in [6.07, 6.45) is 9.98. The number of rotatable bonds is 5. The SMILES string of the molecule is Cc1cnccc1CN(C)C(=O)[C@H]1CCCN(C2CCN(C(=O)C3CC3)CC2)C1. The zero-order chi connectivity index (χ0) is 20.4. The molecule has 2 aliphatic heterocycles. The Hall–Kier alpha value is -1.95. The van der Waals surface area contributed by atoms with Crippen molar-refractivity contribution in [3.05, 3.63) is 29.6 Å². The Bertz CT molecular complexity index is 740. The van der Waals surface area contributed by atoms with E-state index in [9.17, 15) is 9.59 Å². The van der Waals surface area contributed by atoms with E-state index in [2.05, 4.69) is 14.8 Å². The van der Waals surface area contributed by atoms with Gasteiger partial charge in [-0.25, -0.2) is 0 Å². The van der Waals surface area contributed by atoms with Crippen LogP contribution in [0.2, 0.25) is 0 Å². The molecule has 3 fully saturated rings. The van der Waals surface area contributed by atoms with Crippen LogP contribution >= 0.6 is 0 Å². The van der Waals surface area contributed by atoms with Gasteiger partial charge in [-0.3, -0.25) is 19.5 Å². The predicted molar refractivity (Wildman–Crippen MR) is 112 cm³/mol. The van der Waals surface area contributed by atoms with Gasteiger partial charge in [-0.1, -0.05) is 0 Å². The molecule has 0 N–H and O–H groups in total. The van der Waals surface area contributed by atoms with Crippen molar-refractivity contribution in [2.75, 3.05) is 33.2 Å². The maximum absolute atomic E-state index is 13.1. The summed E-state index contributed by atoms with van der Waals surface area (Å²) in [4.78, 5) is 36.0. The minimum absolute atomic E-state index is 0.0852. The highest BCUT2D eigenvalue weighted by Gasteiger charge is 2.37. The summed E-state index contributed by atoms with van der Waals surface area (Å²) in [6.45, 7) is 6.40. The summed E-state index contributed by atoms with van der Waals surface area (Å²) in [6, 6.07) is 2.52. The van der Waals surface area contributed by atoms with Crippen LogP contribution in [0, 0.1) is 18.8 Å². The van der Waals surface area contributed by atoms with Gasteiger partial charge in [-0.05, 0) is 69.2 Å². The zero-order valence-electron chi connectivity index (χ0n) is 17.8. The van der Waals surface area contributed by atoms with Gasteiger partial charge in [0.15, 0.2) is 0 Å². The molecule has 0 aromatic carbocycles. The predicted octanol–water partition coefficient (Wildman–Crippen LogP) is 2.46. The molecule has 3 heterocycles. The summed E-state index contributed by atoms with van der Waals surface area (Å²) in [5, 5.41) is 0. The van der Waals surface area contributed by atoms with E-state index in [-0.39, 0.29) is 11.8 Å². The lowest BCUT2D eigenvalue weighted by Gasteiger charge is -2.42. The van der Waals surface area contributed by atoms with Crippen LogP contribution in [0.5, 0.6) is 0 Å². The first-order chi connectivity index (χ1) is 14.0. The van der Waals surface area contributed by atoms with Crippen molar-refractivity contribution in [1.29, 1.82) is 0 Å². The number of hydrogen-bond acceptors (Lipinski definition) is 4. The number of carbonyl (C=O) groups excluding carboxylic acids is 2. The molecular weight excluding hydrogens is 364 g/mol. The van der Waals surface area contributed by atoms with Crippen molar-refractivity contribution in [3.63, 3.8) is 0 Å². The number of aromatic nitrogens is 1. The van der Waals surface area contributed by atoms with E-state index in [4.69, 9.17) is 0 Å². The molecule has 1 atom stereocenters. The summed E-state index contributed by atoms with van der Waals surface area (Å²) in [5.74, 6) is 1.04. The molecule has 3 aliphatic rings. The van der Waals surface area contributed by atoms with Crippen LogP contribution in [0.3, 0.4) is 0 Å². The molecule has 1 aliphatic carbocycles. The molecule has 1 saturated carbocycles. The Labute approximate surface area is 174 Å². The molecule has 0 radical (unpaired) electrons. The van der Waals surface area contributed by atoms with Crippen molar-refractivity contribution >= 4 is 11.8 Å². The van der Waals surface area contributed by atoms with Crippen LogP contribution in [0.1, 0.15) is 49.7 Å². The van der Waals surface area contributed by atoms with Gasteiger partial charge in [0.2, 0.25) is 11.8 Å². The van der Waals surface area contributed by atoms with E-state index in [0.29, 0.717) is 24.4 Å². The Morgan fingerprint density at radius 2 is 1.86 bits per heavy atom. The third-order valence-corrected chi connectivity index (χ3v) is 6.94. The number of aryl methyl sites for hydroxylation is 1. The molecule has 6 heteroatoms. The topological polar surface area (TPSA) is 56.8 Å². The largest absolute Gasteiger partial charge is 0.342 e. The van der Waals surface area contributed by atoms with Crippen molar-refractivity contribution in [2.24, 2.45) is 11.8 Å².